The van der Waals surface area contributed by atoms with Crippen LogP contribution < -0.4 is 10.1 Å². The lowest BCUT2D eigenvalue weighted by molar-refractivity contribution is 0.0942. The molecule has 0 radical (unpaired) electrons. The number of nitrogens with one attached hydrogen (secondary N) is 1. The number of aromatic nitrogens is 3. The average Bonchev–Trinajstić information content (AvgIpc) is 3.19. The highest BCUT2D eigenvalue weighted by Crippen LogP contribution is 2.17. The highest BCUT2D eigenvalue weighted by molar-refractivity contribution is 7.09. The van der Waals surface area contributed by atoms with E-state index in [4.69, 9.17) is 4.74 Å². The van der Waals surface area contributed by atoms with E-state index < -0.39 is 0 Å². The third-order valence-corrected chi connectivity index (χ3v) is 4.05. The summed E-state index contributed by atoms with van der Waals surface area (Å²) >= 11 is 1.56. The molecule has 0 aliphatic rings. The summed E-state index contributed by atoms with van der Waals surface area (Å²) in [4.78, 5) is 16.8. The molecule has 2 aromatic heterocycles. The Morgan fingerprint density at radius 1 is 1.35 bits per heavy atom. The number of hydrogen-bond acceptors (Lipinski definition) is 5. The second kappa shape index (κ2) is 6.62. The van der Waals surface area contributed by atoms with Gasteiger partial charge in [-0.3, -0.25) is 4.79 Å². The van der Waals surface area contributed by atoms with Gasteiger partial charge < -0.3 is 10.1 Å². The molecule has 1 N–H and O–H groups in total. The van der Waals surface area contributed by atoms with Crippen molar-refractivity contribution in [1.29, 1.82) is 0 Å². The Balaban J connectivity index is 1.83. The second-order valence-corrected chi connectivity index (χ2v) is 5.92. The molecule has 1 amide bonds. The molecule has 0 aliphatic carbocycles. The van der Waals surface area contributed by atoms with Crippen LogP contribution in [-0.4, -0.2) is 27.8 Å². The van der Waals surface area contributed by atoms with Gasteiger partial charge in [0.15, 0.2) is 0 Å². The van der Waals surface area contributed by atoms with Gasteiger partial charge in [-0.2, -0.15) is 0 Å². The van der Waals surface area contributed by atoms with E-state index in [9.17, 15) is 4.79 Å². The molecule has 7 heteroatoms. The minimum atomic E-state index is -0.227. The number of nitrogens with zero attached hydrogens (tertiary/aromatic N) is 3. The number of amides is 1. The van der Waals surface area contributed by atoms with Crippen molar-refractivity contribution in [1.82, 2.24) is 20.1 Å². The largest absolute Gasteiger partial charge is 0.480 e. The zero-order chi connectivity index (χ0) is 16.2. The number of carbonyl (C=O) groups is 1. The van der Waals surface area contributed by atoms with Crippen LogP contribution in [0.15, 0.2) is 41.8 Å². The summed E-state index contributed by atoms with van der Waals surface area (Å²) in [6, 6.07) is 11.1. The molecule has 3 aromatic rings. The van der Waals surface area contributed by atoms with E-state index >= 15 is 0 Å². The van der Waals surface area contributed by atoms with E-state index in [2.05, 4.69) is 15.4 Å². The monoisotopic (exact) mass is 328 g/mol. The normalized spacial score (nSPS) is 10.5. The Hall–Kier alpha value is -2.67. The number of thiazole rings is 1. The van der Waals surface area contributed by atoms with E-state index in [0.29, 0.717) is 18.1 Å². The van der Waals surface area contributed by atoms with E-state index in [1.165, 1.54) is 7.11 Å². The average molecular weight is 328 g/mol. The highest BCUT2D eigenvalue weighted by Gasteiger charge is 2.17. The van der Waals surface area contributed by atoms with Crippen molar-refractivity contribution in [3.05, 3.63) is 58.2 Å². The number of methoxy groups -OCH3 is 1. The Morgan fingerprint density at radius 2 is 2.13 bits per heavy atom. The molecule has 23 heavy (non-hydrogen) atoms. The molecule has 118 valence electrons. The third-order valence-electron chi connectivity index (χ3n) is 3.23. The molecule has 0 saturated heterocycles. The molecule has 1 aromatic carbocycles. The Kier molecular flexibility index (Phi) is 4.38. The van der Waals surface area contributed by atoms with Crippen molar-refractivity contribution < 1.29 is 9.53 Å². The molecule has 0 spiro atoms. The summed E-state index contributed by atoms with van der Waals surface area (Å²) in [7, 11) is 1.53. The molecule has 0 fully saturated rings. The lowest BCUT2D eigenvalue weighted by Gasteiger charge is -2.07. The first-order valence-electron chi connectivity index (χ1n) is 7.06. The quantitative estimate of drug-likeness (QED) is 0.781. The standard InChI is InChI=1S/C16H16N4O2S/c1-11-18-12(10-23-11)9-17-16(21)14-8-15(22-2)19-20(14)13-6-4-3-5-7-13/h3-8,10H,9H2,1-2H3,(H,17,21). The maximum Gasteiger partial charge on any atom is 0.270 e. The van der Waals surface area contributed by atoms with Crippen LogP contribution in [0.3, 0.4) is 0 Å². The summed E-state index contributed by atoms with van der Waals surface area (Å²) in [5, 5.41) is 10.1. The second-order valence-electron chi connectivity index (χ2n) is 4.86. The minimum Gasteiger partial charge on any atom is -0.480 e. The van der Waals surface area contributed by atoms with E-state index in [-0.39, 0.29) is 5.91 Å². The van der Waals surface area contributed by atoms with Crippen molar-refractivity contribution in [2.24, 2.45) is 0 Å². The first kappa shape index (κ1) is 15.2. The highest BCUT2D eigenvalue weighted by atomic mass is 32.1. The van der Waals surface area contributed by atoms with Crippen LogP contribution in [0.2, 0.25) is 0 Å². The summed E-state index contributed by atoms with van der Waals surface area (Å²) < 4.78 is 6.72. The lowest BCUT2D eigenvalue weighted by Crippen LogP contribution is -2.25. The molecule has 6 nitrogen and oxygen atoms in total. The smallest absolute Gasteiger partial charge is 0.270 e. The predicted molar refractivity (Wildman–Crippen MR) is 88.1 cm³/mol. The fourth-order valence-corrected chi connectivity index (χ4v) is 2.75. The van der Waals surface area contributed by atoms with Gasteiger partial charge in [-0.1, -0.05) is 18.2 Å². The Morgan fingerprint density at radius 3 is 2.78 bits per heavy atom. The number of hydrogen-bond donors (Lipinski definition) is 1. The minimum absolute atomic E-state index is 0.227. The van der Waals surface area contributed by atoms with Gasteiger partial charge in [-0.15, -0.1) is 16.4 Å². The molecule has 0 aliphatic heterocycles. The van der Waals surface area contributed by atoms with Crippen LogP contribution in [0.5, 0.6) is 5.88 Å². The molecule has 0 saturated carbocycles. The van der Waals surface area contributed by atoms with Crippen molar-refractivity contribution in [2.75, 3.05) is 7.11 Å². The molecule has 2 heterocycles. The van der Waals surface area contributed by atoms with Gasteiger partial charge >= 0.3 is 0 Å². The number of aryl methyl sites for hydroxylation is 1. The molecule has 0 bridgehead atoms. The molecular formula is C16H16N4O2S. The van der Waals surface area contributed by atoms with Gasteiger partial charge in [-0.25, -0.2) is 9.67 Å². The van der Waals surface area contributed by atoms with Gasteiger partial charge in [0, 0.05) is 11.4 Å². The molecule has 0 unspecified atom stereocenters. The first-order chi connectivity index (χ1) is 11.2. The number of carbonyl (C=O) groups excluding carboxylic acids is 1. The fraction of sp³-hybridized carbons (Fsp3) is 0.188. The number of rotatable bonds is 5. The Bertz CT molecular complexity index is 811. The van der Waals surface area contributed by atoms with Crippen molar-refractivity contribution in [3.63, 3.8) is 0 Å². The van der Waals surface area contributed by atoms with Crippen molar-refractivity contribution in [2.45, 2.75) is 13.5 Å². The van der Waals surface area contributed by atoms with Gasteiger partial charge in [0.2, 0.25) is 5.88 Å². The first-order valence-corrected chi connectivity index (χ1v) is 7.94. The van der Waals surface area contributed by atoms with E-state index in [1.807, 2.05) is 42.6 Å². The van der Waals surface area contributed by atoms with Crippen LogP contribution in [0.4, 0.5) is 0 Å². The predicted octanol–water partition coefficient (Wildman–Crippen LogP) is 2.58. The summed E-state index contributed by atoms with van der Waals surface area (Å²) in [5.41, 5.74) is 2.06. The Labute approximate surface area is 137 Å². The van der Waals surface area contributed by atoms with Gasteiger partial charge in [0.25, 0.3) is 5.91 Å². The fourth-order valence-electron chi connectivity index (χ4n) is 2.14. The number of ether oxygens (including phenoxy) is 1. The van der Waals surface area contributed by atoms with Crippen molar-refractivity contribution in [3.8, 4) is 11.6 Å². The number of benzene rings is 1. The zero-order valence-corrected chi connectivity index (χ0v) is 13.6. The zero-order valence-electron chi connectivity index (χ0n) is 12.8. The van der Waals surface area contributed by atoms with Crippen LogP contribution in [0, 0.1) is 6.92 Å². The van der Waals surface area contributed by atoms with Crippen LogP contribution >= 0.6 is 11.3 Å². The summed E-state index contributed by atoms with van der Waals surface area (Å²) in [5.74, 6) is 0.166. The van der Waals surface area contributed by atoms with E-state index in [1.54, 1.807) is 22.1 Å². The maximum absolute atomic E-state index is 12.5. The summed E-state index contributed by atoms with van der Waals surface area (Å²) in [6.45, 7) is 2.32. The third kappa shape index (κ3) is 3.40. The van der Waals surface area contributed by atoms with Crippen LogP contribution in [0.25, 0.3) is 5.69 Å². The SMILES string of the molecule is COc1cc(C(=O)NCc2csc(C)n2)n(-c2ccccc2)n1. The van der Waals surface area contributed by atoms with Crippen LogP contribution in [0.1, 0.15) is 21.2 Å². The van der Waals surface area contributed by atoms with Gasteiger partial charge in [0.05, 0.1) is 30.0 Å². The van der Waals surface area contributed by atoms with Crippen LogP contribution in [-0.2, 0) is 6.54 Å². The maximum atomic E-state index is 12.5. The summed E-state index contributed by atoms with van der Waals surface area (Å²) in [6.07, 6.45) is 0. The molecule has 0 atom stereocenters. The van der Waals surface area contributed by atoms with Gasteiger partial charge in [0.1, 0.15) is 5.69 Å². The van der Waals surface area contributed by atoms with Crippen molar-refractivity contribution >= 4 is 17.2 Å². The van der Waals surface area contributed by atoms with E-state index in [0.717, 1.165) is 16.4 Å². The number of para-hydroxylation sites is 1. The van der Waals surface area contributed by atoms with Gasteiger partial charge in [-0.05, 0) is 19.1 Å². The lowest BCUT2D eigenvalue weighted by atomic mass is 10.3. The topological polar surface area (TPSA) is 69.0 Å². The molecular weight excluding hydrogens is 312 g/mol. The molecule has 3 rings (SSSR count).